The molecule has 0 saturated heterocycles. The molecule has 0 aliphatic carbocycles. The summed E-state index contributed by atoms with van der Waals surface area (Å²) in [5, 5.41) is 2.91. The van der Waals surface area contributed by atoms with Gasteiger partial charge in [-0.3, -0.25) is 24.1 Å². The average molecular weight is 464 g/mol. The van der Waals surface area contributed by atoms with Gasteiger partial charge in [0, 0.05) is 26.1 Å². The molecule has 4 amide bonds. The second-order valence-corrected chi connectivity index (χ2v) is 8.55. The zero-order valence-electron chi connectivity index (χ0n) is 20.0. The molecule has 1 atom stereocenters. The first-order chi connectivity index (χ1) is 16.4. The second kappa shape index (κ2) is 12.1. The Morgan fingerprint density at radius 1 is 0.941 bits per heavy atom. The molecule has 180 valence electrons. The van der Waals surface area contributed by atoms with Crippen molar-refractivity contribution in [3.8, 4) is 0 Å². The Morgan fingerprint density at radius 3 is 2.18 bits per heavy atom. The van der Waals surface area contributed by atoms with Gasteiger partial charge >= 0.3 is 0 Å². The highest BCUT2D eigenvalue weighted by molar-refractivity contribution is 6.21. The van der Waals surface area contributed by atoms with Gasteiger partial charge in [-0.25, -0.2) is 0 Å². The fourth-order valence-electron chi connectivity index (χ4n) is 4.08. The van der Waals surface area contributed by atoms with Gasteiger partial charge < -0.3 is 10.2 Å². The third-order valence-corrected chi connectivity index (χ3v) is 6.13. The van der Waals surface area contributed by atoms with Crippen LogP contribution in [0.4, 0.5) is 0 Å². The summed E-state index contributed by atoms with van der Waals surface area (Å²) < 4.78 is 0. The normalized spacial score (nSPS) is 13.5. The van der Waals surface area contributed by atoms with E-state index < -0.39 is 6.04 Å². The Bertz CT molecular complexity index is 987. The van der Waals surface area contributed by atoms with Gasteiger partial charge in [-0.1, -0.05) is 55.8 Å². The largest absolute Gasteiger partial charge is 0.354 e. The molecule has 1 heterocycles. The van der Waals surface area contributed by atoms with Gasteiger partial charge in [0.25, 0.3) is 11.8 Å². The fourth-order valence-corrected chi connectivity index (χ4v) is 4.08. The summed E-state index contributed by atoms with van der Waals surface area (Å²) in [5.74, 6) is -0.976. The first kappa shape index (κ1) is 25.1. The summed E-state index contributed by atoms with van der Waals surface area (Å²) in [6.45, 7) is 4.97. The highest BCUT2D eigenvalue weighted by Gasteiger charge is 2.35. The second-order valence-electron chi connectivity index (χ2n) is 8.55. The number of carbonyl (C=O) groups excluding carboxylic acids is 4. The van der Waals surface area contributed by atoms with Crippen LogP contribution in [0.15, 0.2) is 54.6 Å². The third kappa shape index (κ3) is 6.10. The number of amides is 4. The maximum Gasteiger partial charge on any atom is 0.261 e. The van der Waals surface area contributed by atoms with Crippen LogP contribution in [-0.2, 0) is 16.0 Å². The number of hydrogen-bond acceptors (Lipinski definition) is 4. The molecular formula is C27H33N3O4. The van der Waals surface area contributed by atoms with Crippen LogP contribution >= 0.6 is 0 Å². The van der Waals surface area contributed by atoms with Gasteiger partial charge in [-0.15, -0.1) is 0 Å². The van der Waals surface area contributed by atoms with Crippen LogP contribution in [0.5, 0.6) is 0 Å². The molecule has 0 radical (unpaired) electrons. The van der Waals surface area contributed by atoms with Crippen LogP contribution in [0.25, 0.3) is 0 Å². The molecule has 2 aromatic rings. The molecule has 0 saturated carbocycles. The molecule has 3 rings (SSSR count). The van der Waals surface area contributed by atoms with Crippen molar-refractivity contribution < 1.29 is 19.2 Å². The summed E-state index contributed by atoms with van der Waals surface area (Å²) in [4.78, 5) is 53.7. The van der Waals surface area contributed by atoms with Crippen LogP contribution < -0.4 is 5.32 Å². The maximum absolute atomic E-state index is 13.2. The molecular weight excluding hydrogens is 430 g/mol. The predicted octanol–water partition coefficient (Wildman–Crippen LogP) is 3.44. The van der Waals surface area contributed by atoms with Crippen LogP contribution in [0.1, 0.15) is 65.8 Å². The van der Waals surface area contributed by atoms with Crippen molar-refractivity contribution in [3.05, 3.63) is 71.3 Å². The van der Waals surface area contributed by atoms with Crippen molar-refractivity contribution in [1.82, 2.24) is 15.1 Å². The Hall–Kier alpha value is -3.48. The van der Waals surface area contributed by atoms with Crippen molar-refractivity contribution in [2.75, 3.05) is 19.6 Å². The van der Waals surface area contributed by atoms with E-state index in [0.29, 0.717) is 37.1 Å². The van der Waals surface area contributed by atoms with Crippen molar-refractivity contribution in [3.63, 3.8) is 0 Å². The van der Waals surface area contributed by atoms with Crippen LogP contribution in [-0.4, -0.2) is 59.1 Å². The molecule has 0 unspecified atom stereocenters. The predicted molar refractivity (Wildman–Crippen MR) is 130 cm³/mol. The van der Waals surface area contributed by atoms with E-state index in [1.54, 1.807) is 36.1 Å². The molecule has 0 bridgehead atoms. The minimum Gasteiger partial charge on any atom is -0.354 e. The molecule has 7 heteroatoms. The Kier molecular flexibility index (Phi) is 8.96. The van der Waals surface area contributed by atoms with E-state index in [4.69, 9.17) is 0 Å². The number of benzene rings is 2. The first-order valence-corrected chi connectivity index (χ1v) is 12.0. The van der Waals surface area contributed by atoms with Gasteiger partial charge in [0.2, 0.25) is 11.8 Å². The monoisotopic (exact) mass is 463 g/mol. The lowest BCUT2D eigenvalue weighted by Gasteiger charge is -2.29. The Balaban J connectivity index is 1.60. The summed E-state index contributed by atoms with van der Waals surface area (Å²) in [6, 6.07) is 16.0. The molecule has 0 spiro atoms. The smallest absolute Gasteiger partial charge is 0.261 e. The van der Waals surface area contributed by atoms with E-state index in [9.17, 15) is 19.2 Å². The zero-order valence-corrected chi connectivity index (χ0v) is 20.0. The Morgan fingerprint density at radius 2 is 1.56 bits per heavy atom. The number of rotatable bonds is 12. The van der Waals surface area contributed by atoms with Crippen molar-refractivity contribution in [2.45, 2.75) is 52.0 Å². The average Bonchev–Trinajstić information content (AvgIpc) is 3.09. The van der Waals surface area contributed by atoms with Crippen LogP contribution in [0.3, 0.4) is 0 Å². The molecule has 1 aliphatic heterocycles. The summed E-state index contributed by atoms with van der Waals surface area (Å²) in [5.41, 5.74) is 1.89. The van der Waals surface area contributed by atoms with E-state index in [0.717, 1.165) is 18.4 Å². The highest BCUT2D eigenvalue weighted by Crippen LogP contribution is 2.22. The molecule has 7 nitrogen and oxygen atoms in total. The molecule has 0 fully saturated rings. The van der Waals surface area contributed by atoms with Crippen LogP contribution in [0, 0.1) is 0 Å². The molecule has 2 aromatic carbocycles. The van der Waals surface area contributed by atoms with E-state index in [1.807, 2.05) is 30.3 Å². The number of nitrogens with zero attached hydrogens (tertiary/aromatic N) is 2. The van der Waals surface area contributed by atoms with E-state index in [2.05, 4.69) is 12.2 Å². The van der Waals surface area contributed by atoms with Crippen LogP contribution in [0.2, 0.25) is 0 Å². The lowest BCUT2D eigenvalue weighted by Crippen LogP contribution is -2.49. The minimum atomic E-state index is -0.604. The molecule has 1 N–H and O–H groups in total. The van der Waals surface area contributed by atoms with E-state index >= 15 is 0 Å². The molecule has 1 aliphatic rings. The van der Waals surface area contributed by atoms with Crippen molar-refractivity contribution in [1.29, 1.82) is 0 Å². The lowest BCUT2D eigenvalue weighted by molar-refractivity contribution is -0.140. The van der Waals surface area contributed by atoms with Crippen molar-refractivity contribution >= 4 is 23.6 Å². The van der Waals surface area contributed by atoms with E-state index in [-0.39, 0.29) is 36.6 Å². The van der Waals surface area contributed by atoms with Gasteiger partial charge in [0.1, 0.15) is 6.04 Å². The highest BCUT2D eigenvalue weighted by atomic mass is 16.2. The van der Waals surface area contributed by atoms with Gasteiger partial charge in [0.05, 0.1) is 11.1 Å². The minimum absolute atomic E-state index is 0.148. The third-order valence-electron chi connectivity index (χ3n) is 6.13. The van der Waals surface area contributed by atoms with Gasteiger partial charge in [-0.05, 0) is 43.9 Å². The molecule has 34 heavy (non-hydrogen) atoms. The zero-order chi connectivity index (χ0) is 24.5. The summed E-state index contributed by atoms with van der Waals surface area (Å²) >= 11 is 0. The SMILES string of the molecule is CCCCNC(=O)[C@@H](C)N(CCc1ccccc1)C(=O)CCCN1C(=O)c2ccccc2C1=O. The fraction of sp³-hybridized carbons (Fsp3) is 0.407. The van der Waals surface area contributed by atoms with E-state index in [1.165, 1.54) is 4.90 Å². The Labute approximate surface area is 201 Å². The molecule has 0 aromatic heterocycles. The first-order valence-electron chi connectivity index (χ1n) is 12.0. The number of carbonyl (C=O) groups is 4. The number of fused-ring (bicyclic) bond motifs is 1. The number of nitrogens with one attached hydrogen (secondary N) is 1. The maximum atomic E-state index is 13.2. The standard InChI is InChI=1S/C27H33N3O4/c1-3-4-17-28-25(32)20(2)29(19-16-21-11-6-5-7-12-21)24(31)15-10-18-30-26(33)22-13-8-9-14-23(22)27(30)34/h5-9,11-14,20H,3-4,10,15-19H2,1-2H3,(H,28,32)/t20-/m1/s1. The quantitative estimate of drug-likeness (QED) is 0.386. The number of hydrogen-bond donors (Lipinski definition) is 1. The van der Waals surface area contributed by atoms with Crippen molar-refractivity contribution in [2.24, 2.45) is 0 Å². The topological polar surface area (TPSA) is 86.8 Å². The van der Waals surface area contributed by atoms with Gasteiger partial charge in [0.15, 0.2) is 0 Å². The lowest BCUT2D eigenvalue weighted by atomic mass is 10.1. The number of unbranched alkanes of at least 4 members (excludes halogenated alkanes) is 1. The summed E-state index contributed by atoms with van der Waals surface area (Å²) in [7, 11) is 0. The van der Waals surface area contributed by atoms with Gasteiger partial charge in [-0.2, -0.15) is 0 Å². The number of imide groups is 1. The summed E-state index contributed by atoms with van der Waals surface area (Å²) in [6.07, 6.45) is 2.99.